The molecule has 1 aromatic carbocycles. The third kappa shape index (κ3) is 3.59. The zero-order chi connectivity index (χ0) is 15.1. The SMILES string of the molecule is CCN(CC)C(=O)CNc1cccc(NC)c1[N+](=O)[O-]. The number of likely N-dealkylation sites (N-methyl/N-ethyl adjacent to an activating group) is 1. The molecule has 0 aliphatic heterocycles. The van der Waals surface area contributed by atoms with Gasteiger partial charge in [-0.25, -0.2) is 0 Å². The number of nitro groups is 1. The van der Waals surface area contributed by atoms with Gasteiger partial charge in [-0.1, -0.05) is 6.07 Å². The molecule has 1 rings (SSSR count). The first-order chi connectivity index (χ1) is 9.54. The molecule has 1 amide bonds. The minimum Gasteiger partial charge on any atom is -0.382 e. The Labute approximate surface area is 118 Å². The number of nitrogens with zero attached hydrogens (tertiary/aromatic N) is 2. The van der Waals surface area contributed by atoms with Crippen molar-refractivity contribution < 1.29 is 9.72 Å². The topological polar surface area (TPSA) is 87.5 Å². The van der Waals surface area contributed by atoms with Crippen LogP contribution in [0.2, 0.25) is 0 Å². The van der Waals surface area contributed by atoms with Gasteiger partial charge < -0.3 is 15.5 Å². The van der Waals surface area contributed by atoms with E-state index >= 15 is 0 Å². The lowest BCUT2D eigenvalue weighted by Gasteiger charge is -2.19. The van der Waals surface area contributed by atoms with Gasteiger partial charge in [-0.2, -0.15) is 0 Å². The molecule has 7 nitrogen and oxygen atoms in total. The number of rotatable bonds is 7. The van der Waals surface area contributed by atoms with E-state index in [1.807, 2.05) is 13.8 Å². The monoisotopic (exact) mass is 280 g/mol. The first kappa shape index (κ1) is 15.7. The summed E-state index contributed by atoms with van der Waals surface area (Å²) in [5.41, 5.74) is 0.694. The molecular weight excluding hydrogens is 260 g/mol. The minimum absolute atomic E-state index is 0.0374. The zero-order valence-corrected chi connectivity index (χ0v) is 12.0. The van der Waals surface area contributed by atoms with Gasteiger partial charge in [-0.15, -0.1) is 0 Å². The summed E-state index contributed by atoms with van der Waals surface area (Å²) in [7, 11) is 1.62. The molecule has 2 N–H and O–H groups in total. The summed E-state index contributed by atoms with van der Waals surface area (Å²) in [6, 6.07) is 4.91. The number of carbonyl (C=O) groups is 1. The predicted molar refractivity (Wildman–Crippen MR) is 79.1 cm³/mol. The van der Waals surface area contributed by atoms with Crippen molar-refractivity contribution in [3.05, 3.63) is 28.3 Å². The van der Waals surface area contributed by atoms with Crippen LogP contribution in [0.5, 0.6) is 0 Å². The van der Waals surface area contributed by atoms with E-state index in [0.717, 1.165) is 0 Å². The van der Waals surface area contributed by atoms with Crippen LogP contribution < -0.4 is 10.6 Å². The van der Waals surface area contributed by atoms with Crippen LogP contribution in [-0.4, -0.2) is 42.4 Å². The van der Waals surface area contributed by atoms with Gasteiger partial charge in [0.25, 0.3) is 0 Å². The quantitative estimate of drug-likeness (QED) is 0.588. The predicted octanol–water partition coefficient (Wildman–Crippen LogP) is 1.92. The molecule has 0 aliphatic rings. The molecule has 0 aliphatic carbocycles. The van der Waals surface area contributed by atoms with Crippen molar-refractivity contribution in [1.82, 2.24) is 4.90 Å². The van der Waals surface area contributed by atoms with Crippen molar-refractivity contribution in [2.24, 2.45) is 0 Å². The van der Waals surface area contributed by atoms with E-state index in [0.29, 0.717) is 24.5 Å². The molecular formula is C13H20N4O3. The fourth-order valence-electron chi connectivity index (χ4n) is 1.94. The highest BCUT2D eigenvalue weighted by atomic mass is 16.6. The molecule has 0 radical (unpaired) electrons. The Morgan fingerprint density at radius 3 is 2.40 bits per heavy atom. The third-order valence-corrected chi connectivity index (χ3v) is 3.03. The Kier molecular flexibility index (Phi) is 5.76. The summed E-state index contributed by atoms with van der Waals surface area (Å²) < 4.78 is 0. The molecule has 20 heavy (non-hydrogen) atoms. The van der Waals surface area contributed by atoms with Gasteiger partial charge in [0.15, 0.2) is 0 Å². The van der Waals surface area contributed by atoms with Crippen molar-refractivity contribution in [2.75, 3.05) is 37.3 Å². The fraction of sp³-hybridized carbons (Fsp3) is 0.462. The van der Waals surface area contributed by atoms with Crippen molar-refractivity contribution in [3.63, 3.8) is 0 Å². The Balaban J connectivity index is 2.88. The molecule has 0 heterocycles. The van der Waals surface area contributed by atoms with Gasteiger partial charge in [-0.05, 0) is 26.0 Å². The molecule has 0 spiro atoms. The summed E-state index contributed by atoms with van der Waals surface area (Å²) in [6.45, 7) is 5.07. The second-order valence-corrected chi connectivity index (χ2v) is 4.13. The van der Waals surface area contributed by atoms with Gasteiger partial charge in [0.2, 0.25) is 5.91 Å². The van der Waals surface area contributed by atoms with Crippen LogP contribution in [0.3, 0.4) is 0 Å². The number of amides is 1. The zero-order valence-electron chi connectivity index (χ0n) is 12.0. The number of benzene rings is 1. The maximum absolute atomic E-state index is 11.9. The van der Waals surface area contributed by atoms with Crippen LogP contribution in [0.4, 0.5) is 17.1 Å². The average molecular weight is 280 g/mol. The number of nitrogens with one attached hydrogen (secondary N) is 2. The maximum atomic E-state index is 11.9. The van der Waals surface area contributed by atoms with E-state index in [1.165, 1.54) is 0 Å². The number of hydrogen-bond donors (Lipinski definition) is 2. The lowest BCUT2D eigenvalue weighted by molar-refractivity contribution is -0.383. The average Bonchev–Trinajstić information content (AvgIpc) is 2.45. The van der Waals surface area contributed by atoms with Crippen LogP contribution in [0.25, 0.3) is 0 Å². The highest BCUT2D eigenvalue weighted by molar-refractivity contribution is 5.83. The van der Waals surface area contributed by atoms with Crippen molar-refractivity contribution >= 4 is 23.0 Å². The van der Waals surface area contributed by atoms with Crippen LogP contribution in [0, 0.1) is 10.1 Å². The van der Waals surface area contributed by atoms with Crippen molar-refractivity contribution in [1.29, 1.82) is 0 Å². The van der Waals surface area contributed by atoms with E-state index in [4.69, 9.17) is 0 Å². The summed E-state index contributed by atoms with van der Waals surface area (Å²) in [6.07, 6.45) is 0. The molecule has 1 aromatic rings. The summed E-state index contributed by atoms with van der Waals surface area (Å²) in [5, 5.41) is 16.7. The molecule has 110 valence electrons. The summed E-state index contributed by atoms with van der Waals surface area (Å²) in [4.78, 5) is 24.2. The maximum Gasteiger partial charge on any atom is 0.315 e. The molecule has 0 atom stereocenters. The van der Waals surface area contributed by atoms with Crippen LogP contribution in [0.15, 0.2) is 18.2 Å². The number of anilines is 2. The van der Waals surface area contributed by atoms with E-state index in [2.05, 4.69) is 10.6 Å². The van der Waals surface area contributed by atoms with Crippen molar-refractivity contribution in [2.45, 2.75) is 13.8 Å². The molecule has 0 aromatic heterocycles. The van der Waals surface area contributed by atoms with Gasteiger partial charge in [0, 0.05) is 20.1 Å². The second-order valence-electron chi connectivity index (χ2n) is 4.13. The first-order valence-corrected chi connectivity index (χ1v) is 6.51. The van der Waals surface area contributed by atoms with Gasteiger partial charge in [0.1, 0.15) is 11.4 Å². The normalized spacial score (nSPS) is 9.95. The van der Waals surface area contributed by atoms with E-state index in [9.17, 15) is 14.9 Å². The van der Waals surface area contributed by atoms with Gasteiger partial charge >= 0.3 is 5.69 Å². The summed E-state index contributed by atoms with van der Waals surface area (Å²) in [5.74, 6) is -0.0841. The Morgan fingerprint density at radius 2 is 1.90 bits per heavy atom. The number of carbonyl (C=O) groups excluding carboxylic acids is 1. The van der Waals surface area contributed by atoms with E-state index in [-0.39, 0.29) is 18.1 Å². The van der Waals surface area contributed by atoms with Gasteiger partial charge in [-0.3, -0.25) is 14.9 Å². The Morgan fingerprint density at radius 1 is 1.30 bits per heavy atom. The van der Waals surface area contributed by atoms with Crippen LogP contribution in [0.1, 0.15) is 13.8 Å². The second kappa shape index (κ2) is 7.32. The van der Waals surface area contributed by atoms with Crippen LogP contribution >= 0.6 is 0 Å². The standard InChI is InChI=1S/C13H20N4O3/c1-4-16(5-2)12(18)9-15-11-8-6-7-10(14-3)13(11)17(19)20/h6-8,14-15H,4-5,9H2,1-3H3. The molecule has 0 unspecified atom stereocenters. The number of para-hydroxylation sites is 1. The Hall–Kier alpha value is -2.31. The number of nitro benzene ring substituents is 1. The molecule has 7 heteroatoms. The highest BCUT2D eigenvalue weighted by Gasteiger charge is 2.19. The van der Waals surface area contributed by atoms with Crippen LogP contribution in [-0.2, 0) is 4.79 Å². The molecule has 0 bridgehead atoms. The molecule has 0 fully saturated rings. The lowest BCUT2D eigenvalue weighted by Crippen LogP contribution is -2.35. The van der Waals surface area contributed by atoms with E-state index in [1.54, 1.807) is 30.1 Å². The fourth-order valence-corrected chi connectivity index (χ4v) is 1.94. The molecule has 0 saturated carbocycles. The minimum atomic E-state index is -0.462. The highest BCUT2D eigenvalue weighted by Crippen LogP contribution is 2.32. The van der Waals surface area contributed by atoms with Gasteiger partial charge in [0.05, 0.1) is 11.5 Å². The third-order valence-electron chi connectivity index (χ3n) is 3.03. The molecule has 0 saturated heterocycles. The number of hydrogen-bond acceptors (Lipinski definition) is 5. The summed E-state index contributed by atoms with van der Waals surface area (Å²) >= 11 is 0. The Bertz CT molecular complexity index is 487. The van der Waals surface area contributed by atoms with Crippen molar-refractivity contribution in [3.8, 4) is 0 Å². The first-order valence-electron chi connectivity index (χ1n) is 6.51. The lowest BCUT2D eigenvalue weighted by atomic mass is 10.2. The largest absolute Gasteiger partial charge is 0.382 e. The smallest absolute Gasteiger partial charge is 0.315 e. The van der Waals surface area contributed by atoms with E-state index < -0.39 is 4.92 Å².